The SMILES string of the molecule is Cc1ccc2[nH]c(=O)n(C3CCN(C4(C)CCCCC4)CC3)c2n1. The number of piperidine rings is 1. The first-order valence-corrected chi connectivity index (χ1v) is 9.40. The van der Waals surface area contributed by atoms with Crippen LogP contribution >= 0.6 is 0 Å². The number of aromatic nitrogens is 3. The molecule has 5 nitrogen and oxygen atoms in total. The Hall–Kier alpha value is -1.62. The van der Waals surface area contributed by atoms with Crippen LogP contribution in [0.25, 0.3) is 11.2 Å². The lowest BCUT2D eigenvalue weighted by Crippen LogP contribution is -2.51. The maximum Gasteiger partial charge on any atom is 0.327 e. The number of aryl methyl sites for hydroxylation is 1. The first-order valence-electron chi connectivity index (χ1n) is 9.40. The Morgan fingerprint density at radius 2 is 1.88 bits per heavy atom. The van der Waals surface area contributed by atoms with Gasteiger partial charge in [-0.05, 0) is 51.7 Å². The van der Waals surface area contributed by atoms with E-state index < -0.39 is 0 Å². The summed E-state index contributed by atoms with van der Waals surface area (Å²) in [5.74, 6) is 0. The molecule has 0 unspecified atom stereocenters. The number of hydrogen-bond acceptors (Lipinski definition) is 3. The van der Waals surface area contributed by atoms with Crippen molar-refractivity contribution in [2.24, 2.45) is 0 Å². The molecule has 2 aromatic heterocycles. The van der Waals surface area contributed by atoms with Crippen LogP contribution in [0.3, 0.4) is 0 Å². The quantitative estimate of drug-likeness (QED) is 0.919. The van der Waals surface area contributed by atoms with Crippen molar-refractivity contribution in [2.45, 2.75) is 70.4 Å². The number of rotatable bonds is 2. The van der Waals surface area contributed by atoms with E-state index in [0.29, 0.717) is 5.54 Å². The third-order valence-electron chi connectivity index (χ3n) is 6.23. The summed E-state index contributed by atoms with van der Waals surface area (Å²) >= 11 is 0. The van der Waals surface area contributed by atoms with Crippen LogP contribution in [0.4, 0.5) is 0 Å². The van der Waals surface area contributed by atoms with Gasteiger partial charge in [0.25, 0.3) is 0 Å². The molecule has 2 aliphatic rings. The first kappa shape index (κ1) is 15.9. The highest BCUT2D eigenvalue weighted by Crippen LogP contribution is 2.36. The highest BCUT2D eigenvalue weighted by molar-refractivity contribution is 5.70. The van der Waals surface area contributed by atoms with Crippen molar-refractivity contribution in [1.82, 2.24) is 19.4 Å². The molecule has 130 valence electrons. The zero-order valence-corrected chi connectivity index (χ0v) is 14.8. The van der Waals surface area contributed by atoms with Crippen LogP contribution in [0.2, 0.25) is 0 Å². The molecule has 24 heavy (non-hydrogen) atoms. The van der Waals surface area contributed by atoms with Crippen LogP contribution < -0.4 is 5.69 Å². The second-order valence-corrected chi connectivity index (χ2v) is 7.90. The molecular formula is C19H28N4O. The van der Waals surface area contributed by atoms with E-state index >= 15 is 0 Å². The van der Waals surface area contributed by atoms with E-state index in [1.54, 1.807) is 0 Å². The monoisotopic (exact) mass is 328 g/mol. The molecule has 1 aliphatic heterocycles. The molecule has 1 N–H and O–H groups in total. The summed E-state index contributed by atoms with van der Waals surface area (Å²) in [6, 6.07) is 4.19. The summed E-state index contributed by atoms with van der Waals surface area (Å²) < 4.78 is 1.91. The van der Waals surface area contributed by atoms with Gasteiger partial charge in [-0.25, -0.2) is 9.78 Å². The number of pyridine rings is 1. The Labute approximate surface area is 143 Å². The van der Waals surface area contributed by atoms with Crippen molar-refractivity contribution >= 4 is 11.2 Å². The normalized spacial score (nSPS) is 22.9. The maximum atomic E-state index is 12.4. The fourth-order valence-electron chi connectivity index (χ4n) is 4.73. The predicted molar refractivity (Wildman–Crippen MR) is 96.4 cm³/mol. The molecule has 1 aliphatic carbocycles. The first-order chi connectivity index (χ1) is 11.6. The minimum Gasteiger partial charge on any atom is -0.304 e. The minimum atomic E-state index is -0.00886. The zero-order chi connectivity index (χ0) is 16.7. The van der Waals surface area contributed by atoms with Crippen molar-refractivity contribution in [1.29, 1.82) is 0 Å². The van der Waals surface area contributed by atoms with Gasteiger partial charge in [0.1, 0.15) is 0 Å². The molecular weight excluding hydrogens is 300 g/mol. The Balaban J connectivity index is 1.55. The van der Waals surface area contributed by atoms with Crippen molar-refractivity contribution in [3.63, 3.8) is 0 Å². The molecule has 2 aromatic rings. The number of H-pyrrole nitrogens is 1. The molecule has 1 saturated heterocycles. The minimum absolute atomic E-state index is 0.00886. The third-order valence-corrected chi connectivity index (χ3v) is 6.23. The fourth-order valence-corrected chi connectivity index (χ4v) is 4.73. The third kappa shape index (κ3) is 2.69. The largest absolute Gasteiger partial charge is 0.327 e. The molecule has 5 heteroatoms. The van der Waals surface area contributed by atoms with Gasteiger partial charge >= 0.3 is 5.69 Å². The fraction of sp³-hybridized carbons (Fsp3) is 0.684. The Morgan fingerprint density at radius 3 is 2.58 bits per heavy atom. The lowest BCUT2D eigenvalue weighted by Gasteiger charge is -2.47. The maximum absolute atomic E-state index is 12.4. The van der Waals surface area contributed by atoms with Gasteiger partial charge in [-0.3, -0.25) is 9.47 Å². The molecule has 2 fully saturated rings. The number of nitrogens with one attached hydrogen (secondary N) is 1. The standard InChI is InChI=1S/C19H28N4O/c1-14-6-7-16-17(20-14)23(18(24)21-16)15-8-12-22(13-9-15)19(2)10-4-3-5-11-19/h6-7,15H,3-5,8-13H2,1-2H3,(H,21,24). The van der Waals surface area contributed by atoms with E-state index in [9.17, 15) is 4.79 Å². The topological polar surface area (TPSA) is 53.9 Å². The zero-order valence-electron chi connectivity index (χ0n) is 14.8. The van der Waals surface area contributed by atoms with Crippen LogP contribution in [0.15, 0.2) is 16.9 Å². The van der Waals surface area contributed by atoms with E-state index in [0.717, 1.165) is 42.8 Å². The van der Waals surface area contributed by atoms with Gasteiger partial charge in [0, 0.05) is 30.4 Å². The molecule has 4 rings (SSSR count). The van der Waals surface area contributed by atoms with Gasteiger partial charge in [-0.15, -0.1) is 0 Å². The van der Waals surface area contributed by atoms with Crippen molar-refractivity contribution < 1.29 is 0 Å². The second kappa shape index (κ2) is 6.03. The van der Waals surface area contributed by atoms with E-state index in [4.69, 9.17) is 0 Å². The van der Waals surface area contributed by atoms with Gasteiger partial charge in [0.15, 0.2) is 5.65 Å². The number of likely N-dealkylation sites (tertiary alicyclic amines) is 1. The summed E-state index contributed by atoms with van der Waals surface area (Å²) in [6.45, 7) is 6.60. The molecule has 0 amide bonds. The van der Waals surface area contributed by atoms with E-state index in [-0.39, 0.29) is 11.7 Å². The van der Waals surface area contributed by atoms with Gasteiger partial charge in [-0.1, -0.05) is 19.3 Å². The Bertz CT molecular complexity index is 776. The number of aromatic amines is 1. The van der Waals surface area contributed by atoms with Gasteiger partial charge in [0.2, 0.25) is 0 Å². The Morgan fingerprint density at radius 1 is 1.17 bits per heavy atom. The smallest absolute Gasteiger partial charge is 0.304 e. The number of nitrogens with zero attached hydrogens (tertiary/aromatic N) is 3. The molecule has 0 aromatic carbocycles. The van der Waals surface area contributed by atoms with E-state index in [2.05, 4.69) is 21.8 Å². The number of hydrogen-bond donors (Lipinski definition) is 1. The highest BCUT2D eigenvalue weighted by Gasteiger charge is 2.36. The van der Waals surface area contributed by atoms with Crippen LogP contribution in [-0.4, -0.2) is 38.1 Å². The summed E-state index contributed by atoms with van der Waals surface area (Å²) in [4.78, 5) is 22.7. The average molecular weight is 328 g/mol. The number of imidazole rings is 1. The average Bonchev–Trinajstić information content (AvgIpc) is 2.91. The predicted octanol–water partition coefficient (Wildman–Crippen LogP) is 3.39. The lowest BCUT2D eigenvalue weighted by molar-refractivity contribution is 0.0359. The summed E-state index contributed by atoms with van der Waals surface area (Å²) in [5, 5.41) is 0. The van der Waals surface area contributed by atoms with Crippen LogP contribution in [0.1, 0.15) is 63.6 Å². The molecule has 0 bridgehead atoms. The van der Waals surface area contributed by atoms with Crippen LogP contribution in [0.5, 0.6) is 0 Å². The summed E-state index contributed by atoms with van der Waals surface area (Å²) in [7, 11) is 0. The number of fused-ring (bicyclic) bond motifs is 1. The van der Waals surface area contributed by atoms with Gasteiger partial charge in [-0.2, -0.15) is 0 Å². The van der Waals surface area contributed by atoms with E-state index in [1.165, 1.54) is 32.1 Å². The highest BCUT2D eigenvalue weighted by atomic mass is 16.1. The van der Waals surface area contributed by atoms with Crippen LogP contribution in [-0.2, 0) is 0 Å². The van der Waals surface area contributed by atoms with Crippen molar-refractivity contribution in [3.05, 3.63) is 28.3 Å². The molecule has 0 radical (unpaired) electrons. The second-order valence-electron chi connectivity index (χ2n) is 7.90. The molecule has 0 spiro atoms. The van der Waals surface area contributed by atoms with Crippen LogP contribution in [0, 0.1) is 6.92 Å². The molecule has 1 saturated carbocycles. The van der Waals surface area contributed by atoms with Crippen molar-refractivity contribution in [2.75, 3.05) is 13.1 Å². The van der Waals surface area contributed by atoms with Gasteiger partial charge in [0.05, 0.1) is 5.52 Å². The summed E-state index contributed by atoms with van der Waals surface area (Å²) in [5.41, 5.74) is 3.01. The van der Waals surface area contributed by atoms with Gasteiger partial charge < -0.3 is 4.98 Å². The Kier molecular flexibility index (Phi) is 3.99. The van der Waals surface area contributed by atoms with E-state index in [1.807, 2.05) is 23.6 Å². The molecule has 3 heterocycles. The lowest BCUT2D eigenvalue weighted by atomic mass is 9.80. The summed E-state index contributed by atoms with van der Waals surface area (Å²) in [6.07, 6.45) is 8.85. The molecule has 0 atom stereocenters. The van der Waals surface area contributed by atoms with Crippen molar-refractivity contribution in [3.8, 4) is 0 Å².